The minimum Gasteiger partial charge on any atom is -0.489 e. The minimum absolute atomic E-state index is 0.151. The molecule has 0 saturated heterocycles. The normalized spacial score (nSPS) is 10.8. The van der Waals surface area contributed by atoms with Crippen LogP contribution in [0.25, 0.3) is 10.8 Å². The molecule has 0 aliphatic carbocycles. The van der Waals surface area contributed by atoms with Crippen molar-refractivity contribution in [1.82, 2.24) is 0 Å². The summed E-state index contributed by atoms with van der Waals surface area (Å²) >= 11 is 6.26. The Morgan fingerprint density at radius 2 is 1.77 bits per heavy atom. The molecule has 4 aromatic rings. The van der Waals surface area contributed by atoms with Gasteiger partial charge in [-0.05, 0) is 52.7 Å². The number of halogens is 2. The van der Waals surface area contributed by atoms with Crippen LogP contribution >= 0.6 is 11.6 Å². The number of nitrogens with one attached hydrogen (secondary N) is 1. The van der Waals surface area contributed by atoms with Gasteiger partial charge in [-0.25, -0.2) is 9.18 Å². The Morgan fingerprint density at radius 1 is 1.00 bits per heavy atom. The zero-order valence-electron chi connectivity index (χ0n) is 16.4. The van der Waals surface area contributed by atoms with Crippen molar-refractivity contribution in [2.24, 2.45) is 0 Å². The van der Waals surface area contributed by atoms with Gasteiger partial charge in [0.05, 0.1) is 16.3 Å². The quantitative estimate of drug-likeness (QED) is 0.347. The summed E-state index contributed by atoms with van der Waals surface area (Å²) in [6, 6.07) is 22.5. The first-order chi connectivity index (χ1) is 15.0. The summed E-state index contributed by atoms with van der Waals surface area (Å²) in [5.74, 6) is -0.631. The number of aromatic carboxylic acids is 1. The number of benzene rings is 4. The highest BCUT2D eigenvalue weighted by molar-refractivity contribution is 6.33. The third-order valence-corrected chi connectivity index (χ3v) is 5.30. The van der Waals surface area contributed by atoms with Crippen molar-refractivity contribution < 1.29 is 19.0 Å². The zero-order valence-corrected chi connectivity index (χ0v) is 17.2. The average Bonchev–Trinajstić information content (AvgIpc) is 2.78. The fourth-order valence-corrected chi connectivity index (χ4v) is 3.54. The van der Waals surface area contributed by atoms with Gasteiger partial charge in [0, 0.05) is 12.1 Å². The second-order valence-electron chi connectivity index (χ2n) is 7.03. The van der Waals surface area contributed by atoms with Gasteiger partial charge in [-0.1, -0.05) is 54.1 Å². The third kappa shape index (κ3) is 4.78. The lowest BCUT2D eigenvalue weighted by molar-refractivity contribution is 0.0697. The third-order valence-electron chi connectivity index (χ3n) is 4.97. The second-order valence-corrected chi connectivity index (χ2v) is 7.44. The standard InChI is InChI=1S/C25H19ClFNO3/c26-22-11-7-18(25(29)30)13-23(22)28-14-21-20-4-2-1-3-17(20)8-12-24(21)31-15-16-5-9-19(27)10-6-16/h1-13,28H,14-15H2,(H,29,30). The van der Waals surface area contributed by atoms with Crippen molar-refractivity contribution in [3.05, 3.63) is 106 Å². The van der Waals surface area contributed by atoms with Crippen LogP contribution in [0.1, 0.15) is 21.5 Å². The highest BCUT2D eigenvalue weighted by Gasteiger charge is 2.12. The average molecular weight is 436 g/mol. The predicted molar refractivity (Wildman–Crippen MR) is 120 cm³/mol. The van der Waals surface area contributed by atoms with Gasteiger partial charge < -0.3 is 15.2 Å². The van der Waals surface area contributed by atoms with Crippen LogP contribution in [0.15, 0.2) is 78.9 Å². The van der Waals surface area contributed by atoms with Crippen molar-refractivity contribution in [3.63, 3.8) is 0 Å². The van der Waals surface area contributed by atoms with Crippen LogP contribution in [0, 0.1) is 5.82 Å². The van der Waals surface area contributed by atoms with Crippen molar-refractivity contribution in [3.8, 4) is 5.75 Å². The Balaban J connectivity index is 1.63. The molecule has 0 spiro atoms. The van der Waals surface area contributed by atoms with E-state index in [2.05, 4.69) is 5.32 Å². The lowest BCUT2D eigenvalue weighted by atomic mass is 10.0. The Labute approximate surface area is 183 Å². The fraction of sp³-hybridized carbons (Fsp3) is 0.0800. The van der Waals surface area contributed by atoms with Crippen molar-refractivity contribution in [1.29, 1.82) is 0 Å². The molecule has 0 aliphatic rings. The van der Waals surface area contributed by atoms with Crippen LogP contribution < -0.4 is 10.1 Å². The van der Waals surface area contributed by atoms with Crippen LogP contribution in [0.2, 0.25) is 5.02 Å². The van der Waals surface area contributed by atoms with E-state index in [4.69, 9.17) is 16.3 Å². The molecule has 0 amide bonds. The van der Waals surface area contributed by atoms with Gasteiger partial charge in [0.25, 0.3) is 0 Å². The van der Waals surface area contributed by atoms with Crippen molar-refractivity contribution in [2.75, 3.05) is 5.32 Å². The first kappa shape index (κ1) is 20.7. The maximum absolute atomic E-state index is 13.2. The highest BCUT2D eigenvalue weighted by Crippen LogP contribution is 2.31. The molecule has 0 fully saturated rings. The number of hydrogen-bond acceptors (Lipinski definition) is 3. The Kier molecular flexibility index (Phi) is 6.05. The number of ether oxygens (including phenoxy) is 1. The smallest absolute Gasteiger partial charge is 0.335 e. The first-order valence-electron chi connectivity index (χ1n) is 9.66. The molecule has 0 atom stereocenters. The van der Waals surface area contributed by atoms with Gasteiger partial charge in [-0.3, -0.25) is 0 Å². The van der Waals surface area contributed by atoms with Crippen molar-refractivity contribution >= 4 is 34.0 Å². The molecule has 4 rings (SSSR count). The van der Waals surface area contributed by atoms with E-state index >= 15 is 0 Å². The first-order valence-corrected chi connectivity index (χ1v) is 10.0. The van der Waals surface area contributed by atoms with Crippen LogP contribution in [0.5, 0.6) is 5.75 Å². The molecular formula is C25H19ClFNO3. The number of anilines is 1. The molecule has 0 heterocycles. The number of rotatable bonds is 7. The SMILES string of the molecule is O=C(O)c1ccc(Cl)c(NCc2c(OCc3ccc(F)cc3)ccc3ccccc23)c1. The van der Waals surface area contributed by atoms with Gasteiger partial charge in [0.2, 0.25) is 0 Å². The largest absolute Gasteiger partial charge is 0.489 e. The number of hydrogen-bond donors (Lipinski definition) is 2. The Bertz CT molecular complexity index is 1240. The van der Waals surface area contributed by atoms with Crippen LogP contribution in [0.3, 0.4) is 0 Å². The Morgan fingerprint density at radius 3 is 2.55 bits per heavy atom. The summed E-state index contributed by atoms with van der Waals surface area (Å²) < 4.78 is 19.2. The van der Waals surface area contributed by atoms with Crippen LogP contribution in [-0.2, 0) is 13.2 Å². The number of carboxylic acid groups (broad SMARTS) is 1. The Hall–Kier alpha value is -3.57. The number of carbonyl (C=O) groups is 1. The van der Waals surface area contributed by atoms with Gasteiger partial charge in [-0.2, -0.15) is 0 Å². The van der Waals surface area contributed by atoms with E-state index in [0.29, 0.717) is 29.6 Å². The molecule has 4 nitrogen and oxygen atoms in total. The van der Waals surface area contributed by atoms with E-state index in [-0.39, 0.29) is 11.4 Å². The number of carboxylic acids is 1. The van der Waals surface area contributed by atoms with E-state index in [1.54, 1.807) is 18.2 Å². The lowest BCUT2D eigenvalue weighted by Gasteiger charge is -2.16. The summed E-state index contributed by atoms with van der Waals surface area (Å²) in [5.41, 5.74) is 2.44. The number of fused-ring (bicyclic) bond motifs is 1. The van der Waals surface area contributed by atoms with E-state index in [0.717, 1.165) is 21.9 Å². The molecule has 2 N–H and O–H groups in total. The molecule has 0 bridgehead atoms. The van der Waals surface area contributed by atoms with Crippen LogP contribution in [-0.4, -0.2) is 11.1 Å². The zero-order chi connectivity index (χ0) is 21.8. The van der Waals surface area contributed by atoms with E-state index < -0.39 is 5.97 Å². The summed E-state index contributed by atoms with van der Waals surface area (Å²) in [6.45, 7) is 0.670. The lowest BCUT2D eigenvalue weighted by Crippen LogP contribution is -2.06. The van der Waals surface area contributed by atoms with Gasteiger partial charge >= 0.3 is 5.97 Å². The minimum atomic E-state index is -1.02. The molecule has 4 aromatic carbocycles. The van der Waals surface area contributed by atoms with E-state index in [9.17, 15) is 14.3 Å². The molecule has 156 valence electrons. The van der Waals surface area contributed by atoms with Gasteiger partial charge in [0.15, 0.2) is 0 Å². The van der Waals surface area contributed by atoms with Crippen molar-refractivity contribution in [2.45, 2.75) is 13.2 Å². The molecular weight excluding hydrogens is 417 g/mol. The van der Waals surface area contributed by atoms with Crippen LogP contribution in [0.4, 0.5) is 10.1 Å². The van der Waals surface area contributed by atoms with Gasteiger partial charge in [-0.15, -0.1) is 0 Å². The summed E-state index contributed by atoms with van der Waals surface area (Å²) in [4.78, 5) is 11.3. The maximum Gasteiger partial charge on any atom is 0.335 e. The van der Waals surface area contributed by atoms with E-state index in [1.807, 2.05) is 36.4 Å². The predicted octanol–water partition coefficient (Wildman–Crippen LogP) is 6.52. The van der Waals surface area contributed by atoms with E-state index in [1.165, 1.54) is 24.3 Å². The topological polar surface area (TPSA) is 58.6 Å². The van der Waals surface area contributed by atoms with Gasteiger partial charge in [0.1, 0.15) is 18.2 Å². The molecule has 0 unspecified atom stereocenters. The molecule has 0 radical (unpaired) electrons. The molecule has 0 saturated carbocycles. The molecule has 0 aliphatic heterocycles. The second kappa shape index (κ2) is 9.06. The fourth-order valence-electron chi connectivity index (χ4n) is 3.35. The molecule has 0 aromatic heterocycles. The molecule has 31 heavy (non-hydrogen) atoms. The summed E-state index contributed by atoms with van der Waals surface area (Å²) in [7, 11) is 0. The summed E-state index contributed by atoms with van der Waals surface area (Å²) in [5, 5.41) is 15.0. The monoisotopic (exact) mass is 435 g/mol. The summed E-state index contributed by atoms with van der Waals surface area (Å²) in [6.07, 6.45) is 0. The molecule has 6 heteroatoms. The highest BCUT2D eigenvalue weighted by atomic mass is 35.5. The maximum atomic E-state index is 13.2.